The minimum atomic E-state index is -1.43. The summed E-state index contributed by atoms with van der Waals surface area (Å²) >= 11 is 0. The van der Waals surface area contributed by atoms with Crippen LogP contribution in [0.3, 0.4) is 0 Å². The molecular weight excluding hydrogens is 1070 g/mol. The van der Waals surface area contributed by atoms with E-state index in [9.17, 15) is 57.5 Å². The zero-order valence-corrected chi connectivity index (χ0v) is 51.5. The summed E-state index contributed by atoms with van der Waals surface area (Å²) < 4.78 is 0. The first-order chi connectivity index (χ1) is 39.0. The normalized spacial score (nSPS) is 26.4. The van der Waals surface area contributed by atoms with E-state index < -0.39 is 151 Å². The third-order valence-electron chi connectivity index (χ3n) is 17.3. The summed E-state index contributed by atoms with van der Waals surface area (Å²) in [6, 6.07) is -0.495. The van der Waals surface area contributed by atoms with Gasteiger partial charge in [-0.1, -0.05) is 76.8 Å². The van der Waals surface area contributed by atoms with Crippen LogP contribution < -0.4 is 16.0 Å². The highest BCUT2D eigenvalue weighted by Gasteiger charge is 2.49. The smallest absolute Gasteiger partial charge is 0.248 e. The maximum Gasteiger partial charge on any atom is 0.248 e. The molecule has 8 atom stereocenters. The van der Waals surface area contributed by atoms with E-state index >= 15 is 0 Å². The quantitative estimate of drug-likeness (QED) is 0.319. The summed E-state index contributed by atoms with van der Waals surface area (Å²) in [6.07, 6.45) is 2.76. The van der Waals surface area contributed by atoms with Crippen molar-refractivity contribution in [3.63, 3.8) is 0 Å². The van der Waals surface area contributed by atoms with Crippen molar-refractivity contribution in [2.75, 3.05) is 88.6 Å². The van der Waals surface area contributed by atoms with Crippen molar-refractivity contribution in [1.29, 1.82) is 0 Å². The van der Waals surface area contributed by atoms with Gasteiger partial charge in [0, 0.05) is 75.4 Å². The SMILES string of the molecule is CC[C@H](C)C1NC(=O)C(CC(C)C)N(C)C(=O)CC(C(=O)N(C)C)N(C)C(=O)CN(C)C(=O)C2(CCCC2)NC(=O)C2CCCN2C(=O)CNC(=O)CN(C)C(=O)C(Cc2ccc(C)cc2)N(CC)C(=O)C2CCN2C(=O)C(C)N(C)C1=O. The lowest BCUT2D eigenvalue weighted by Crippen LogP contribution is -2.65. The number of aryl methyl sites for hydroxylation is 1. The Morgan fingerprint density at radius 2 is 1.33 bits per heavy atom. The Balaban J connectivity index is 1.52. The number of likely N-dealkylation sites (N-methyl/N-ethyl adjacent to an activating group) is 7. The minimum Gasteiger partial charge on any atom is -0.347 e. The maximum absolute atomic E-state index is 14.8. The van der Waals surface area contributed by atoms with Gasteiger partial charge in [-0.25, -0.2) is 0 Å². The molecule has 7 unspecified atom stereocenters. The van der Waals surface area contributed by atoms with Gasteiger partial charge in [0.1, 0.15) is 47.8 Å². The standard InChI is InChI=1S/C59H92N12O12/c1-15-38(6)50-57(82)66(12)39(7)53(78)71-29-25-42(71)56(81)69(16-2)45(31-40-23-21-37(5)22-24-40)55(80)64(10)34-46(72)60-33-48(74)70-28-19-20-41(70)52(77)62-59(26-17-18-27-59)58(83)65(11)35-49(75)68(14)44(54(79)63(8)9)32-47(73)67(13)43(30-36(3)4)51(76)61-50/h21-24,36,38-39,41-45,50H,15-20,25-35H2,1-14H3,(H,60,72)(H,61,76)(H,62,77)/t38-,39?,41?,42?,43?,44?,45?,50?/m0/s1. The Morgan fingerprint density at radius 3 is 1.89 bits per heavy atom. The van der Waals surface area contributed by atoms with Gasteiger partial charge in [-0.2, -0.15) is 0 Å². The van der Waals surface area contributed by atoms with Gasteiger partial charge in [0.2, 0.25) is 70.9 Å². The summed E-state index contributed by atoms with van der Waals surface area (Å²) in [5.74, 6) is -7.83. The Kier molecular flexibility index (Phi) is 23.2. The van der Waals surface area contributed by atoms with Gasteiger partial charge in [-0.15, -0.1) is 0 Å². The lowest BCUT2D eigenvalue weighted by atomic mass is 9.94. The predicted molar refractivity (Wildman–Crippen MR) is 308 cm³/mol. The molecule has 1 spiro atoms. The molecule has 0 bridgehead atoms. The lowest BCUT2D eigenvalue weighted by Gasteiger charge is -2.45. The van der Waals surface area contributed by atoms with Crippen molar-refractivity contribution in [1.82, 2.24) is 60.0 Å². The van der Waals surface area contributed by atoms with Gasteiger partial charge in [-0.3, -0.25) is 57.5 Å². The van der Waals surface area contributed by atoms with E-state index in [0.717, 1.165) is 16.0 Å². The van der Waals surface area contributed by atoms with Crippen LogP contribution in [-0.2, 0) is 64.0 Å². The van der Waals surface area contributed by atoms with Gasteiger partial charge >= 0.3 is 0 Å². The lowest BCUT2D eigenvalue weighted by molar-refractivity contribution is -0.160. The summed E-state index contributed by atoms with van der Waals surface area (Å²) in [6.45, 7) is 11.4. The first kappa shape index (κ1) is 66.7. The van der Waals surface area contributed by atoms with Crippen molar-refractivity contribution in [2.24, 2.45) is 11.8 Å². The van der Waals surface area contributed by atoms with E-state index in [4.69, 9.17) is 0 Å². The minimum absolute atomic E-state index is 0.0546. The van der Waals surface area contributed by atoms with Crippen LogP contribution >= 0.6 is 0 Å². The van der Waals surface area contributed by atoms with E-state index in [0.29, 0.717) is 25.7 Å². The number of fused-ring (bicyclic) bond motifs is 2. The van der Waals surface area contributed by atoms with Crippen LogP contribution in [0.5, 0.6) is 0 Å². The number of rotatable bonds is 8. The third kappa shape index (κ3) is 15.7. The molecule has 1 saturated carbocycles. The molecule has 1 aromatic rings. The molecule has 5 rings (SSSR count). The van der Waals surface area contributed by atoms with Crippen LogP contribution in [0.1, 0.15) is 117 Å². The molecule has 3 aliphatic heterocycles. The highest BCUT2D eigenvalue weighted by Crippen LogP contribution is 2.33. The Labute approximate surface area is 489 Å². The number of carbonyl (C=O) groups is 12. The molecule has 1 aromatic carbocycles. The molecule has 4 fully saturated rings. The van der Waals surface area contributed by atoms with E-state index in [1.165, 1.54) is 95.5 Å². The van der Waals surface area contributed by atoms with Crippen molar-refractivity contribution < 1.29 is 57.5 Å². The highest BCUT2D eigenvalue weighted by molar-refractivity contribution is 6.00. The number of hydrogen-bond acceptors (Lipinski definition) is 12. The van der Waals surface area contributed by atoms with Crippen molar-refractivity contribution in [3.05, 3.63) is 35.4 Å². The first-order valence-corrected chi connectivity index (χ1v) is 29.3. The molecule has 24 heteroatoms. The topological polar surface area (TPSA) is 270 Å². The molecule has 0 radical (unpaired) electrons. The highest BCUT2D eigenvalue weighted by atomic mass is 16.2. The molecule has 1 aliphatic carbocycles. The number of carbonyl (C=O) groups excluding carboxylic acids is 12. The Morgan fingerprint density at radius 1 is 0.687 bits per heavy atom. The van der Waals surface area contributed by atoms with Crippen molar-refractivity contribution >= 4 is 70.9 Å². The van der Waals surface area contributed by atoms with Crippen LogP contribution in [0.2, 0.25) is 0 Å². The Hall–Kier alpha value is -7.14. The largest absolute Gasteiger partial charge is 0.347 e. The third-order valence-corrected chi connectivity index (χ3v) is 17.3. The second-order valence-corrected chi connectivity index (χ2v) is 23.9. The number of nitrogens with one attached hydrogen (secondary N) is 3. The monoisotopic (exact) mass is 1160 g/mol. The first-order valence-electron chi connectivity index (χ1n) is 29.3. The second-order valence-electron chi connectivity index (χ2n) is 23.9. The number of nitrogens with zero attached hydrogens (tertiary/aromatic N) is 9. The van der Waals surface area contributed by atoms with Crippen molar-refractivity contribution in [2.45, 2.75) is 167 Å². The van der Waals surface area contributed by atoms with Crippen LogP contribution in [0.15, 0.2) is 24.3 Å². The number of amides is 12. The molecule has 12 amide bonds. The van der Waals surface area contributed by atoms with E-state index in [1.807, 2.05) is 52.0 Å². The molecule has 460 valence electrons. The average Bonchev–Trinajstić information content (AvgIpc) is 3.98. The zero-order valence-electron chi connectivity index (χ0n) is 51.5. The molecule has 0 aromatic heterocycles. The van der Waals surface area contributed by atoms with Gasteiger partial charge in [0.25, 0.3) is 0 Å². The van der Waals surface area contributed by atoms with E-state index in [2.05, 4.69) is 16.0 Å². The summed E-state index contributed by atoms with van der Waals surface area (Å²) in [7, 11) is 9.97. The van der Waals surface area contributed by atoms with Crippen LogP contribution in [0.25, 0.3) is 0 Å². The summed E-state index contributed by atoms with van der Waals surface area (Å²) in [5, 5.41) is 8.44. The van der Waals surface area contributed by atoms with Gasteiger partial charge in [0.15, 0.2) is 0 Å². The molecule has 3 N–H and O–H groups in total. The molecule has 83 heavy (non-hydrogen) atoms. The maximum atomic E-state index is 14.8. The number of hydrogen-bond donors (Lipinski definition) is 3. The second kappa shape index (κ2) is 28.9. The van der Waals surface area contributed by atoms with Crippen LogP contribution in [-0.4, -0.2) is 251 Å². The predicted octanol–water partition coefficient (Wildman–Crippen LogP) is 0.378. The fraction of sp³-hybridized carbons (Fsp3) is 0.695. The zero-order chi connectivity index (χ0) is 61.9. The van der Waals surface area contributed by atoms with E-state index in [1.54, 1.807) is 13.8 Å². The van der Waals surface area contributed by atoms with Gasteiger partial charge < -0.3 is 60.0 Å². The number of benzene rings is 1. The van der Waals surface area contributed by atoms with E-state index in [-0.39, 0.29) is 64.1 Å². The Bertz CT molecular complexity index is 2590. The fourth-order valence-electron chi connectivity index (χ4n) is 11.5. The average molecular weight is 1160 g/mol. The molecule has 24 nitrogen and oxygen atoms in total. The molecule has 4 aliphatic rings. The van der Waals surface area contributed by atoms with Crippen LogP contribution in [0.4, 0.5) is 0 Å². The van der Waals surface area contributed by atoms with Crippen LogP contribution in [0, 0.1) is 18.8 Å². The molecule has 3 saturated heterocycles. The summed E-state index contributed by atoms with van der Waals surface area (Å²) in [5.41, 5.74) is 0.280. The van der Waals surface area contributed by atoms with Gasteiger partial charge in [-0.05, 0) is 76.7 Å². The fourth-order valence-corrected chi connectivity index (χ4v) is 11.5. The molecule has 3 heterocycles. The summed E-state index contributed by atoms with van der Waals surface area (Å²) in [4.78, 5) is 183. The van der Waals surface area contributed by atoms with Gasteiger partial charge in [0.05, 0.1) is 26.1 Å². The molecular formula is C59H92N12O12. The van der Waals surface area contributed by atoms with Crippen molar-refractivity contribution in [3.8, 4) is 0 Å².